The minimum atomic E-state index is -0.593. The summed E-state index contributed by atoms with van der Waals surface area (Å²) < 4.78 is 12.6. The number of carbonyl (C=O) groups excluding carboxylic acids is 1. The van der Waals surface area contributed by atoms with Crippen LogP contribution in [0, 0.1) is 11.9 Å². The van der Waals surface area contributed by atoms with Crippen LogP contribution in [0.1, 0.15) is 23.7 Å². The molecule has 5 heteroatoms. The number of aliphatic hydroxyl groups excluding tert-OH is 1. The first-order chi connectivity index (χ1) is 8.08. The van der Waals surface area contributed by atoms with Gasteiger partial charge in [-0.2, -0.15) is 4.39 Å². The van der Waals surface area contributed by atoms with Crippen LogP contribution < -0.4 is 0 Å². The summed E-state index contributed by atoms with van der Waals surface area (Å²) in [6.45, 7) is 2.91. The topological polar surface area (TPSA) is 53.4 Å². The standard InChI is InChI=1S/C12H15FN2O2/c1-8(16)10-4-5-15(7-10)12(17)9-2-3-11(13)14-6-9/h2-3,6,8,10,16H,4-5,7H2,1H3. The molecule has 1 N–H and O–H groups in total. The molecular formula is C12H15FN2O2. The molecule has 2 rings (SSSR count). The van der Waals surface area contributed by atoms with Crippen LogP contribution in [0.2, 0.25) is 0 Å². The highest BCUT2D eigenvalue weighted by Crippen LogP contribution is 2.21. The molecule has 0 radical (unpaired) electrons. The first-order valence-corrected chi connectivity index (χ1v) is 5.67. The van der Waals surface area contributed by atoms with Gasteiger partial charge in [-0.25, -0.2) is 4.98 Å². The van der Waals surface area contributed by atoms with Crippen molar-refractivity contribution < 1.29 is 14.3 Å². The highest BCUT2D eigenvalue weighted by atomic mass is 19.1. The van der Waals surface area contributed by atoms with E-state index in [1.807, 2.05) is 0 Å². The molecule has 17 heavy (non-hydrogen) atoms. The summed E-state index contributed by atoms with van der Waals surface area (Å²) in [5.74, 6) is -0.613. The normalized spacial score (nSPS) is 21.6. The van der Waals surface area contributed by atoms with Gasteiger partial charge in [0.25, 0.3) is 5.91 Å². The molecule has 2 unspecified atom stereocenters. The summed E-state index contributed by atoms with van der Waals surface area (Å²) in [4.78, 5) is 17.1. The van der Waals surface area contributed by atoms with Crippen LogP contribution in [0.25, 0.3) is 0 Å². The van der Waals surface area contributed by atoms with Gasteiger partial charge in [-0.05, 0) is 25.5 Å². The van der Waals surface area contributed by atoms with E-state index in [1.54, 1.807) is 11.8 Å². The molecule has 92 valence electrons. The van der Waals surface area contributed by atoms with Gasteiger partial charge in [-0.3, -0.25) is 4.79 Å². The van der Waals surface area contributed by atoms with Crippen molar-refractivity contribution in [3.63, 3.8) is 0 Å². The molecule has 0 aliphatic carbocycles. The molecule has 1 fully saturated rings. The van der Waals surface area contributed by atoms with E-state index in [0.717, 1.165) is 6.42 Å². The van der Waals surface area contributed by atoms with Crippen LogP contribution in [-0.2, 0) is 0 Å². The van der Waals surface area contributed by atoms with Crippen LogP contribution in [-0.4, -0.2) is 40.1 Å². The van der Waals surface area contributed by atoms with E-state index in [2.05, 4.69) is 4.98 Å². The molecule has 1 aromatic rings. The van der Waals surface area contributed by atoms with Crippen molar-refractivity contribution in [2.24, 2.45) is 5.92 Å². The number of carbonyl (C=O) groups is 1. The number of hydrogen-bond acceptors (Lipinski definition) is 3. The summed E-state index contributed by atoms with van der Waals surface area (Å²) in [7, 11) is 0. The van der Waals surface area contributed by atoms with Gasteiger partial charge in [0.2, 0.25) is 5.95 Å². The fraction of sp³-hybridized carbons (Fsp3) is 0.500. The van der Waals surface area contributed by atoms with Gasteiger partial charge in [-0.15, -0.1) is 0 Å². The number of nitrogens with zero attached hydrogens (tertiary/aromatic N) is 2. The summed E-state index contributed by atoms with van der Waals surface area (Å²) in [6, 6.07) is 2.61. The average Bonchev–Trinajstić information content (AvgIpc) is 2.78. The van der Waals surface area contributed by atoms with Crippen molar-refractivity contribution in [1.29, 1.82) is 0 Å². The van der Waals surface area contributed by atoms with E-state index < -0.39 is 12.1 Å². The van der Waals surface area contributed by atoms with Gasteiger partial charge < -0.3 is 10.0 Å². The number of rotatable bonds is 2. The zero-order valence-electron chi connectivity index (χ0n) is 9.64. The smallest absolute Gasteiger partial charge is 0.255 e. The maximum absolute atomic E-state index is 12.6. The fourth-order valence-electron chi connectivity index (χ4n) is 2.05. The molecule has 0 aromatic carbocycles. The summed E-state index contributed by atoms with van der Waals surface area (Å²) in [5, 5.41) is 9.46. The van der Waals surface area contributed by atoms with Gasteiger partial charge in [0.1, 0.15) is 0 Å². The lowest BCUT2D eigenvalue weighted by Gasteiger charge is -2.17. The molecule has 1 aliphatic heterocycles. The maximum Gasteiger partial charge on any atom is 0.255 e. The predicted molar refractivity (Wildman–Crippen MR) is 59.9 cm³/mol. The first-order valence-electron chi connectivity index (χ1n) is 5.67. The van der Waals surface area contributed by atoms with Gasteiger partial charge in [-0.1, -0.05) is 0 Å². The predicted octanol–water partition coefficient (Wildman–Crippen LogP) is 1.06. The summed E-state index contributed by atoms with van der Waals surface area (Å²) >= 11 is 0. The minimum absolute atomic E-state index is 0.132. The Morgan fingerprint density at radius 1 is 1.65 bits per heavy atom. The van der Waals surface area contributed by atoms with Crippen molar-refractivity contribution >= 4 is 5.91 Å². The van der Waals surface area contributed by atoms with Crippen molar-refractivity contribution in [2.45, 2.75) is 19.4 Å². The molecule has 1 aliphatic rings. The number of aliphatic hydroxyl groups is 1. The molecular weight excluding hydrogens is 223 g/mol. The SMILES string of the molecule is CC(O)C1CCN(C(=O)c2ccc(F)nc2)C1. The molecule has 2 heterocycles. The molecule has 1 amide bonds. The van der Waals surface area contributed by atoms with Gasteiger partial charge >= 0.3 is 0 Å². The van der Waals surface area contributed by atoms with Crippen LogP contribution in [0.4, 0.5) is 4.39 Å². The molecule has 2 atom stereocenters. The molecule has 0 spiro atoms. The van der Waals surface area contributed by atoms with Crippen molar-refractivity contribution in [1.82, 2.24) is 9.88 Å². The van der Waals surface area contributed by atoms with Gasteiger partial charge in [0.15, 0.2) is 0 Å². The van der Waals surface area contributed by atoms with Crippen molar-refractivity contribution in [3.8, 4) is 0 Å². The number of halogens is 1. The van der Waals surface area contributed by atoms with Crippen LogP contribution in [0.15, 0.2) is 18.3 Å². The van der Waals surface area contributed by atoms with Crippen LogP contribution >= 0.6 is 0 Å². The third kappa shape index (κ3) is 2.61. The zero-order chi connectivity index (χ0) is 12.4. The Balaban J connectivity index is 2.04. The third-order valence-electron chi connectivity index (χ3n) is 3.17. The Bertz CT molecular complexity index is 405. The van der Waals surface area contributed by atoms with E-state index in [0.29, 0.717) is 18.7 Å². The Morgan fingerprint density at radius 3 is 2.94 bits per heavy atom. The third-order valence-corrected chi connectivity index (χ3v) is 3.17. The summed E-state index contributed by atoms with van der Waals surface area (Å²) in [6.07, 6.45) is 1.64. The van der Waals surface area contributed by atoms with Gasteiger partial charge in [0, 0.05) is 25.2 Å². The van der Waals surface area contributed by atoms with Crippen LogP contribution in [0.3, 0.4) is 0 Å². The Morgan fingerprint density at radius 2 is 2.41 bits per heavy atom. The van der Waals surface area contributed by atoms with Crippen molar-refractivity contribution in [3.05, 3.63) is 29.8 Å². The highest BCUT2D eigenvalue weighted by molar-refractivity contribution is 5.94. The highest BCUT2D eigenvalue weighted by Gasteiger charge is 2.29. The van der Waals surface area contributed by atoms with Gasteiger partial charge in [0.05, 0.1) is 11.7 Å². The molecule has 1 aromatic heterocycles. The summed E-state index contributed by atoms with van der Waals surface area (Å²) in [5.41, 5.74) is 0.387. The number of amides is 1. The zero-order valence-corrected chi connectivity index (χ0v) is 9.64. The van der Waals surface area contributed by atoms with E-state index in [-0.39, 0.29) is 11.8 Å². The lowest BCUT2D eigenvalue weighted by molar-refractivity contribution is 0.0762. The van der Waals surface area contributed by atoms with Crippen molar-refractivity contribution in [2.75, 3.05) is 13.1 Å². The molecule has 1 saturated heterocycles. The number of pyridine rings is 1. The Labute approximate surface area is 99.1 Å². The molecule has 4 nitrogen and oxygen atoms in total. The Hall–Kier alpha value is -1.49. The van der Waals surface area contributed by atoms with E-state index in [4.69, 9.17) is 0 Å². The van der Waals surface area contributed by atoms with E-state index in [9.17, 15) is 14.3 Å². The second-order valence-corrected chi connectivity index (χ2v) is 4.41. The minimum Gasteiger partial charge on any atom is -0.393 e. The lowest BCUT2D eigenvalue weighted by atomic mass is 10.0. The first kappa shape index (κ1) is 12.0. The van der Waals surface area contributed by atoms with Crippen LogP contribution in [0.5, 0.6) is 0 Å². The lowest BCUT2D eigenvalue weighted by Crippen LogP contribution is -2.30. The maximum atomic E-state index is 12.6. The molecule has 0 bridgehead atoms. The fourth-order valence-corrected chi connectivity index (χ4v) is 2.05. The number of aromatic nitrogens is 1. The second kappa shape index (κ2) is 4.79. The largest absolute Gasteiger partial charge is 0.393 e. The second-order valence-electron chi connectivity index (χ2n) is 4.41. The van der Waals surface area contributed by atoms with E-state index >= 15 is 0 Å². The van der Waals surface area contributed by atoms with E-state index in [1.165, 1.54) is 18.3 Å². The Kier molecular flexibility index (Phi) is 3.38. The quantitative estimate of drug-likeness (QED) is 0.784. The number of hydrogen-bond donors (Lipinski definition) is 1. The number of likely N-dealkylation sites (tertiary alicyclic amines) is 1. The monoisotopic (exact) mass is 238 g/mol. The molecule has 0 saturated carbocycles. The average molecular weight is 238 g/mol.